The van der Waals surface area contributed by atoms with Crippen LogP contribution < -0.4 is 16.0 Å². The van der Waals surface area contributed by atoms with E-state index < -0.39 is 13.1 Å². The van der Waals surface area contributed by atoms with Crippen LogP contribution in [0.3, 0.4) is 0 Å². The number of halogens is 3. The third kappa shape index (κ3) is 7.16. The van der Waals surface area contributed by atoms with Gasteiger partial charge in [0.25, 0.3) is 6.43 Å². The zero-order chi connectivity index (χ0) is 25.2. The fraction of sp³-hybridized carbons (Fsp3) is 0.444. The van der Waals surface area contributed by atoms with Crippen molar-refractivity contribution in [1.82, 2.24) is 20.0 Å². The van der Waals surface area contributed by atoms with Gasteiger partial charge >= 0.3 is 0 Å². The first-order chi connectivity index (χ1) is 17.0. The van der Waals surface area contributed by atoms with E-state index in [-0.39, 0.29) is 11.7 Å². The van der Waals surface area contributed by atoms with Crippen LogP contribution in [0.1, 0.15) is 64.5 Å². The van der Waals surface area contributed by atoms with Gasteiger partial charge in [0.1, 0.15) is 23.8 Å². The zero-order valence-corrected chi connectivity index (χ0v) is 20.6. The largest absolute Gasteiger partial charge is 0.383 e. The summed E-state index contributed by atoms with van der Waals surface area (Å²) in [4.78, 5) is 4.01. The Hall–Kier alpha value is -3.16. The highest BCUT2D eigenvalue weighted by Crippen LogP contribution is 2.26. The molecule has 190 valence electrons. The normalized spacial score (nSPS) is 18.0. The van der Waals surface area contributed by atoms with Crippen molar-refractivity contribution in [2.24, 2.45) is 0 Å². The quantitative estimate of drug-likeness (QED) is 0.364. The van der Waals surface area contributed by atoms with Gasteiger partial charge in [0.15, 0.2) is 0 Å². The molecule has 0 fully saturated rings. The van der Waals surface area contributed by atoms with Gasteiger partial charge in [0.05, 0.1) is 0 Å². The van der Waals surface area contributed by atoms with E-state index in [4.69, 9.17) is 0 Å². The van der Waals surface area contributed by atoms with Crippen LogP contribution in [-0.4, -0.2) is 28.6 Å². The molecule has 5 nitrogen and oxygen atoms in total. The summed E-state index contributed by atoms with van der Waals surface area (Å²) < 4.78 is 40.3. The number of nitrogens with one attached hydrogen (secondary N) is 3. The lowest BCUT2D eigenvalue weighted by atomic mass is 10.00. The number of allylic oxidation sites excluding steroid dienone is 5. The Morgan fingerprint density at radius 3 is 2.77 bits per heavy atom. The highest BCUT2D eigenvalue weighted by Gasteiger charge is 2.18. The summed E-state index contributed by atoms with van der Waals surface area (Å²) in [6, 6.07) is 5.66. The second-order valence-corrected chi connectivity index (χ2v) is 8.38. The molecule has 2 aromatic heterocycles. The van der Waals surface area contributed by atoms with Crippen LogP contribution in [0.5, 0.6) is 0 Å². The van der Waals surface area contributed by atoms with Gasteiger partial charge < -0.3 is 16.0 Å². The Kier molecular flexibility index (Phi) is 9.87. The molecule has 1 unspecified atom stereocenters. The van der Waals surface area contributed by atoms with Crippen molar-refractivity contribution in [1.29, 1.82) is 0 Å². The van der Waals surface area contributed by atoms with Gasteiger partial charge in [-0.2, -0.15) is 0 Å². The van der Waals surface area contributed by atoms with E-state index in [1.165, 1.54) is 6.20 Å². The van der Waals surface area contributed by atoms with Gasteiger partial charge in [0, 0.05) is 35.9 Å². The average molecular weight is 488 g/mol. The van der Waals surface area contributed by atoms with Gasteiger partial charge in [-0.1, -0.05) is 38.6 Å². The van der Waals surface area contributed by atoms with Gasteiger partial charge in [-0.05, 0) is 62.3 Å². The highest BCUT2D eigenvalue weighted by atomic mass is 19.3. The monoisotopic (exact) mass is 487 g/mol. The summed E-state index contributed by atoms with van der Waals surface area (Å²) in [7, 11) is 0. The van der Waals surface area contributed by atoms with Crippen molar-refractivity contribution in [2.75, 3.05) is 18.5 Å². The van der Waals surface area contributed by atoms with Crippen LogP contribution in [0, 0.1) is 0 Å². The molecule has 0 spiro atoms. The molecule has 2 aliphatic carbocycles. The first-order valence-corrected chi connectivity index (χ1v) is 12.4. The summed E-state index contributed by atoms with van der Waals surface area (Å²) in [6.45, 7) is 8.13. The molecule has 1 atom stereocenters. The Labute approximate surface area is 205 Å². The number of imidazole rings is 1. The van der Waals surface area contributed by atoms with E-state index in [0.29, 0.717) is 12.2 Å². The molecular formula is C27H36F3N5. The minimum Gasteiger partial charge on any atom is -0.383 e. The SMILES string of the molecule is C=C(NC1=CCCC(Nc2cccc3nc(C(F)F)cn23)CC1)C1=CC(NCCF)=CCC1.CC. The van der Waals surface area contributed by atoms with Gasteiger partial charge in [-0.15, -0.1) is 0 Å². The fourth-order valence-electron chi connectivity index (χ4n) is 4.28. The molecule has 2 heterocycles. The number of pyridine rings is 1. The Morgan fingerprint density at radius 2 is 2.00 bits per heavy atom. The molecule has 2 aliphatic rings. The number of hydrogen-bond acceptors (Lipinski definition) is 4. The van der Waals surface area contributed by atoms with Crippen LogP contribution in [0.15, 0.2) is 71.9 Å². The smallest absolute Gasteiger partial charge is 0.281 e. The van der Waals surface area contributed by atoms with Crippen LogP contribution >= 0.6 is 0 Å². The Morgan fingerprint density at radius 1 is 1.17 bits per heavy atom. The lowest BCUT2D eigenvalue weighted by molar-refractivity contribution is 0.147. The maximum absolute atomic E-state index is 13.1. The lowest BCUT2D eigenvalue weighted by Crippen LogP contribution is -2.21. The topological polar surface area (TPSA) is 53.4 Å². The third-order valence-corrected chi connectivity index (χ3v) is 5.98. The van der Waals surface area contributed by atoms with E-state index in [9.17, 15) is 13.2 Å². The van der Waals surface area contributed by atoms with Crippen molar-refractivity contribution < 1.29 is 13.2 Å². The molecule has 0 saturated carbocycles. The van der Waals surface area contributed by atoms with Gasteiger partial charge in [-0.3, -0.25) is 4.40 Å². The molecular weight excluding hydrogens is 451 g/mol. The molecule has 0 radical (unpaired) electrons. The van der Waals surface area contributed by atoms with Crippen molar-refractivity contribution in [3.63, 3.8) is 0 Å². The second kappa shape index (κ2) is 13.1. The van der Waals surface area contributed by atoms with E-state index in [0.717, 1.165) is 67.0 Å². The molecule has 0 aromatic carbocycles. The lowest BCUT2D eigenvalue weighted by Gasteiger charge is -2.21. The number of fused-ring (bicyclic) bond motifs is 1. The summed E-state index contributed by atoms with van der Waals surface area (Å²) in [5, 5.41) is 10.1. The number of alkyl halides is 3. The van der Waals surface area contributed by atoms with Crippen LogP contribution in [0.2, 0.25) is 0 Å². The number of hydrogen-bond donors (Lipinski definition) is 3. The van der Waals surface area contributed by atoms with E-state index in [1.807, 2.05) is 32.1 Å². The summed E-state index contributed by atoms with van der Waals surface area (Å²) in [5.74, 6) is 0.769. The van der Waals surface area contributed by atoms with Crippen molar-refractivity contribution >= 4 is 11.5 Å². The van der Waals surface area contributed by atoms with Crippen LogP contribution in [-0.2, 0) is 0 Å². The molecule has 8 heteroatoms. The minimum absolute atomic E-state index is 0.213. The fourth-order valence-corrected chi connectivity index (χ4v) is 4.28. The third-order valence-electron chi connectivity index (χ3n) is 5.98. The molecule has 0 bridgehead atoms. The second-order valence-electron chi connectivity index (χ2n) is 8.38. The number of aromatic nitrogens is 2. The van der Waals surface area contributed by atoms with Crippen molar-refractivity contribution in [3.8, 4) is 0 Å². The Balaban J connectivity index is 0.00000167. The number of anilines is 1. The highest BCUT2D eigenvalue weighted by molar-refractivity contribution is 5.51. The summed E-state index contributed by atoms with van der Waals surface area (Å²) in [6.07, 6.45) is 10.5. The van der Waals surface area contributed by atoms with E-state index >= 15 is 0 Å². The molecule has 3 N–H and O–H groups in total. The molecule has 4 rings (SSSR count). The average Bonchev–Trinajstić information content (AvgIpc) is 3.21. The first kappa shape index (κ1) is 26.4. The maximum Gasteiger partial charge on any atom is 0.281 e. The summed E-state index contributed by atoms with van der Waals surface area (Å²) in [5.41, 5.74) is 4.38. The van der Waals surface area contributed by atoms with Crippen LogP contribution in [0.25, 0.3) is 5.65 Å². The standard InChI is InChI=1S/C25H30F3N5.C2H6/c1-17(18-5-2-8-21(15-18)29-14-13-26)30-19-6-3-7-20(12-11-19)31-23-9-4-10-24-32-22(25(27)28)16-33(23)24;1-2/h4,6,8-10,15-16,20,25,29-31H,1-3,5,7,11-14H2;1-2H3. The van der Waals surface area contributed by atoms with E-state index in [2.05, 4.69) is 39.7 Å². The predicted octanol–water partition coefficient (Wildman–Crippen LogP) is 6.80. The maximum atomic E-state index is 13.1. The van der Waals surface area contributed by atoms with Crippen molar-refractivity contribution in [3.05, 3.63) is 77.6 Å². The van der Waals surface area contributed by atoms with Gasteiger partial charge in [0.2, 0.25) is 0 Å². The van der Waals surface area contributed by atoms with E-state index in [1.54, 1.807) is 10.5 Å². The van der Waals surface area contributed by atoms with Crippen LogP contribution in [0.4, 0.5) is 19.0 Å². The number of nitrogens with zero attached hydrogens (tertiary/aromatic N) is 2. The molecule has 2 aromatic rings. The predicted molar refractivity (Wildman–Crippen MR) is 137 cm³/mol. The molecule has 0 saturated heterocycles. The molecule has 35 heavy (non-hydrogen) atoms. The minimum atomic E-state index is -2.59. The Bertz CT molecular complexity index is 1080. The number of rotatable bonds is 9. The zero-order valence-electron chi connectivity index (χ0n) is 20.6. The molecule has 0 amide bonds. The van der Waals surface area contributed by atoms with Gasteiger partial charge in [-0.25, -0.2) is 18.2 Å². The molecule has 0 aliphatic heterocycles. The first-order valence-electron chi connectivity index (χ1n) is 12.4. The summed E-state index contributed by atoms with van der Waals surface area (Å²) >= 11 is 0. The van der Waals surface area contributed by atoms with Crippen molar-refractivity contribution in [2.45, 2.75) is 64.8 Å².